The van der Waals surface area contributed by atoms with Gasteiger partial charge in [-0.1, -0.05) is 30.3 Å². The number of hydrogen-bond donors (Lipinski definition) is 2. The van der Waals surface area contributed by atoms with E-state index in [0.717, 1.165) is 0 Å². The van der Waals surface area contributed by atoms with Gasteiger partial charge >= 0.3 is 5.97 Å². The van der Waals surface area contributed by atoms with Gasteiger partial charge in [0, 0.05) is 7.05 Å². The summed E-state index contributed by atoms with van der Waals surface area (Å²) < 4.78 is 0. The van der Waals surface area contributed by atoms with Crippen LogP contribution in [-0.4, -0.2) is 29.5 Å². The van der Waals surface area contributed by atoms with Crippen molar-refractivity contribution >= 4 is 12.4 Å². The normalized spacial score (nSPS) is 12.1. The van der Waals surface area contributed by atoms with E-state index in [-0.39, 0.29) is 0 Å². The Morgan fingerprint density at radius 1 is 1.47 bits per heavy atom. The number of amides is 1. The predicted octanol–water partition coefficient (Wildman–Crippen LogP) is 0.405. The Hall–Kier alpha value is -1.88. The van der Waals surface area contributed by atoms with Crippen LogP contribution in [0.1, 0.15) is 11.6 Å². The monoisotopic (exact) mass is 208 g/mol. The molecular formula is C10H12N2O3. The molecule has 0 aliphatic carbocycles. The molecule has 0 spiro atoms. The van der Waals surface area contributed by atoms with E-state index in [9.17, 15) is 9.59 Å². The zero-order valence-electron chi connectivity index (χ0n) is 8.25. The smallest absolute Gasteiger partial charge is 0.327 e. The fourth-order valence-corrected chi connectivity index (χ4v) is 1.32. The fourth-order valence-electron chi connectivity index (χ4n) is 1.32. The topological polar surface area (TPSA) is 69.6 Å². The van der Waals surface area contributed by atoms with Crippen molar-refractivity contribution in [2.45, 2.75) is 6.04 Å². The first-order chi connectivity index (χ1) is 7.16. The van der Waals surface area contributed by atoms with Crippen LogP contribution >= 0.6 is 0 Å². The molecule has 1 unspecified atom stereocenters. The zero-order valence-corrected chi connectivity index (χ0v) is 8.25. The van der Waals surface area contributed by atoms with Crippen molar-refractivity contribution in [2.24, 2.45) is 0 Å². The molecule has 1 aromatic rings. The van der Waals surface area contributed by atoms with Gasteiger partial charge in [0.2, 0.25) is 6.41 Å². The number of benzene rings is 1. The molecule has 15 heavy (non-hydrogen) atoms. The first-order valence-corrected chi connectivity index (χ1v) is 4.37. The Morgan fingerprint density at radius 2 is 2.07 bits per heavy atom. The summed E-state index contributed by atoms with van der Waals surface area (Å²) in [5.41, 5.74) is 2.91. The number of likely N-dealkylation sites (N-methyl/N-ethyl adjacent to an activating group) is 1. The lowest BCUT2D eigenvalue weighted by Crippen LogP contribution is -2.40. The Balaban J connectivity index is 2.93. The van der Waals surface area contributed by atoms with Gasteiger partial charge in [-0.15, -0.1) is 0 Å². The van der Waals surface area contributed by atoms with Crippen LogP contribution in [0, 0.1) is 0 Å². The first-order valence-electron chi connectivity index (χ1n) is 4.37. The van der Waals surface area contributed by atoms with Crippen LogP contribution in [0.25, 0.3) is 0 Å². The number of hydrogen-bond acceptors (Lipinski definition) is 3. The van der Waals surface area contributed by atoms with Crippen LogP contribution in [0.15, 0.2) is 30.3 Å². The van der Waals surface area contributed by atoms with Crippen molar-refractivity contribution in [2.75, 3.05) is 7.05 Å². The van der Waals surface area contributed by atoms with E-state index < -0.39 is 12.0 Å². The quantitative estimate of drug-likeness (QED) is 0.543. The van der Waals surface area contributed by atoms with Crippen molar-refractivity contribution in [1.82, 2.24) is 10.4 Å². The highest BCUT2D eigenvalue weighted by molar-refractivity contribution is 5.75. The average Bonchev–Trinajstić information content (AvgIpc) is 2.19. The number of rotatable bonds is 5. The summed E-state index contributed by atoms with van der Waals surface area (Å²) in [6.45, 7) is 0. The average molecular weight is 208 g/mol. The summed E-state index contributed by atoms with van der Waals surface area (Å²) in [5, 5.41) is 10.3. The molecule has 0 heterocycles. The summed E-state index contributed by atoms with van der Waals surface area (Å²) in [6, 6.07) is 7.82. The lowest BCUT2D eigenvalue weighted by molar-refractivity contribution is -0.144. The van der Waals surface area contributed by atoms with Crippen LogP contribution in [0.4, 0.5) is 0 Å². The number of carboxylic acids is 1. The van der Waals surface area contributed by atoms with E-state index in [1.54, 1.807) is 30.3 Å². The number of carbonyl (C=O) groups excluding carboxylic acids is 1. The van der Waals surface area contributed by atoms with E-state index in [0.29, 0.717) is 12.0 Å². The summed E-state index contributed by atoms with van der Waals surface area (Å²) >= 11 is 0. The second kappa shape index (κ2) is 5.11. The molecule has 2 N–H and O–H groups in total. The number of hydrazine groups is 1. The third kappa shape index (κ3) is 2.78. The molecule has 80 valence electrons. The van der Waals surface area contributed by atoms with Crippen LogP contribution < -0.4 is 5.43 Å². The van der Waals surface area contributed by atoms with Gasteiger partial charge in [-0.2, -0.15) is 0 Å². The Morgan fingerprint density at radius 3 is 2.53 bits per heavy atom. The van der Waals surface area contributed by atoms with Crippen LogP contribution in [-0.2, 0) is 9.59 Å². The van der Waals surface area contributed by atoms with Crippen LogP contribution in [0.2, 0.25) is 0 Å². The van der Waals surface area contributed by atoms with E-state index in [2.05, 4.69) is 5.43 Å². The van der Waals surface area contributed by atoms with Crippen molar-refractivity contribution in [3.8, 4) is 0 Å². The maximum absolute atomic E-state index is 11.0. The van der Waals surface area contributed by atoms with E-state index in [4.69, 9.17) is 5.11 Å². The van der Waals surface area contributed by atoms with Crippen molar-refractivity contribution < 1.29 is 14.7 Å². The van der Waals surface area contributed by atoms with Crippen LogP contribution in [0.3, 0.4) is 0 Å². The van der Waals surface area contributed by atoms with Gasteiger partial charge in [-0.3, -0.25) is 15.0 Å². The fraction of sp³-hybridized carbons (Fsp3) is 0.200. The second-order valence-corrected chi connectivity index (χ2v) is 3.01. The number of nitrogens with zero attached hydrogens (tertiary/aromatic N) is 1. The van der Waals surface area contributed by atoms with E-state index in [1.807, 2.05) is 0 Å². The predicted molar refractivity (Wildman–Crippen MR) is 53.8 cm³/mol. The van der Waals surface area contributed by atoms with Crippen LogP contribution in [0.5, 0.6) is 0 Å². The van der Waals surface area contributed by atoms with E-state index in [1.165, 1.54) is 12.1 Å². The molecule has 0 saturated heterocycles. The summed E-state index contributed by atoms with van der Waals surface area (Å²) in [5.74, 6) is -1.02. The zero-order chi connectivity index (χ0) is 11.3. The summed E-state index contributed by atoms with van der Waals surface area (Å²) in [7, 11) is 1.50. The SMILES string of the molecule is CN(NC=O)C(C(=O)O)c1ccccc1. The Kier molecular flexibility index (Phi) is 3.82. The lowest BCUT2D eigenvalue weighted by Gasteiger charge is -2.23. The lowest BCUT2D eigenvalue weighted by atomic mass is 10.1. The second-order valence-electron chi connectivity index (χ2n) is 3.01. The number of carboxylic acid groups (broad SMARTS) is 1. The van der Waals surface area contributed by atoms with Gasteiger partial charge in [0.05, 0.1) is 0 Å². The molecule has 5 nitrogen and oxygen atoms in total. The van der Waals surface area contributed by atoms with Crippen molar-refractivity contribution in [1.29, 1.82) is 0 Å². The Labute approximate surface area is 87.3 Å². The highest BCUT2D eigenvalue weighted by Gasteiger charge is 2.23. The molecule has 1 atom stereocenters. The van der Waals surface area contributed by atoms with Crippen molar-refractivity contribution in [3.05, 3.63) is 35.9 Å². The van der Waals surface area contributed by atoms with Gasteiger partial charge in [0.1, 0.15) is 0 Å². The highest BCUT2D eigenvalue weighted by atomic mass is 16.4. The van der Waals surface area contributed by atoms with Gasteiger partial charge in [-0.05, 0) is 5.56 Å². The van der Waals surface area contributed by atoms with Gasteiger partial charge in [-0.25, -0.2) is 5.01 Å². The maximum atomic E-state index is 11.0. The van der Waals surface area contributed by atoms with E-state index >= 15 is 0 Å². The third-order valence-corrected chi connectivity index (χ3v) is 1.99. The first kappa shape index (κ1) is 11.2. The number of aliphatic carboxylic acids is 1. The van der Waals surface area contributed by atoms with Crippen molar-refractivity contribution in [3.63, 3.8) is 0 Å². The maximum Gasteiger partial charge on any atom is 0.327 e. The minimum absolute atomic E-state index is 0.443. The molecule has 1 rings (SSSR count). The number of carbonyl (C=O) groups is 2. The number of nitrogens with one attached hydrogen (secondary N) is 1. The summed E-state index contributed by atoms with van der Waals surface area (Å²) in [4.78, 5) is 21.2. The highest BCUT2D eigenvalue weighted by Crippen LogP contribution is 2.17. The molecule has 5 heteroatoms. The Bertz CT molecular complexity index is 340. The summed E-state index contributed by atoms with van der Waals surface area (Å²) in [6.07, 6.45) is 0.443. The molecular weight excluding hydrogens is 196 g/mol. The molecule has 0 aromatic heterocycles. The molecule has 0 aliphatic rings. The van der Waals surface area contributed by atoms with Gasteiger partial charge in [0.25, 0.3) is 0 Å². The van der Waals surface area contributed by atoms with Gasteiger partial charge in [0.15, 0.2) is 6.04 Å². The largest absolute Gasteiger partial charge is 0.480 e. The molecule has 0 fully saturated rings. The molecule has 1 aromatic carbocycles. The molecule has 0 aliphatic heterocycles. The minimum Gasteiger partial charge on any atom is -0.480 e. The molecule has 1 amide bonds. The molecule has 0 saturated carbocycles. The van der Waals surface area contributed by atoms with Gasteiger partial charge < -0.3 is 5.11 Å². The third-order valence-electron chi connectivity index (χ3n) is 1.99. The minimum atomic E-state index is -1.02. The molecule has 0 radical (unpaired) electrons. The standard InChI is InChI=1S/C10H12N2O3/c1-12(11-7-13)9(10(14)15)8-5-3-2-4-6-8/h2-7,9H,1H3,(H,11,13)(H,14,15). The molecule has 0 bridgehead atoms.